The fourth-order valence-electron chi connectivity index (χ4n) is 1.81. The Kier molecular flexibility index (Phi) is 2.96. The highest BCUT2D eigenvalue weighted by molar-refractivity contribution is 9.11. The van der Waals surface area contributed by atoms with Crippen molar-refractivity contribution in [1.29, 1.82) is 0 Å². The molecule has 3 rings (SSSR count). The highest BCUT2D eigenvalue weighted by atomic mass is 79.9. The molecule has 1 heterocycles. The van der Waals surface area contributed by atoms with Gasteiger partial charge in [-0.3, -0.25) is 9.67 Å². The zero-order valence-corrected chi connectivity index (χ0v) is 12.8. The summed E-state index contributed by atoms with van der Waals surface area (Å²) in [6, 6.07) is 6.04. The van der Waals surface area contributed by atoms with Gasteiger partial charge in [-0.1, -0.05) is 15.9 Å². The van der Waals surface area contributed by atoms with Crippen LogP contribution in [0.4, 0.5) is 0 Å². The SMILES string of the molecule is S=c1[nH]nc(C2CC2)n1-c1cc(Br)ccc1Br. The molecule has 1 fully saturated rings. The van der Waals surface area contributed by atoms with Crippen LogP contribution in [0.2, 0.25) is 0 Å². The monoisotopic (exact) mass is 373 g/mol. The fraction of sp³-hybridized carbons (Fsp3) is 0.273. The van der Waals surface area contributed by atoms with E-state index in [4.69, 9.17) is 12.2 Å². The standard InChI is InChI=1S/C11H9Br2N3S/c12-7-3-4-8(13)9(5-7)16-10(6-1-2-6)14-15-11(16)17/h3-6H,1-2H2,(H,15,17). The molecular formula is C11H9Br2N3S. The summed E-state index contributed by atoms with van der Waals surface area (Å²) < 4.78 is 4.70. The average Bonchev–Trinajstić information content (AvgIpc) is 3.07. The van der Waals surface area contributed by atoms with Gasteiger partial charge in [-0.05, 0) is 59.2 Å². The molecule has 2 aromatic rings. The molecule has 0 unspecified atom stereocenters. The molecule has 0 radical (unpaired) electrons. The van der Waals surface area contributed by atoms with Crippen LogP contribution in [0.5, 0.6) is 0 Å². The van der Waals surface area contributed by atoms with E-state index in [0.29, 0.717) is 10.7 Å². The minimum atomic E-state index is 0.550. The first-order chi connectivity index (χ1) is 8.16. The van der Waals surface area contributed by atoms with Crippen molar-refractivity contribution in [3.8, 4) is 5.69 Å². The molecule has 3 nitrogen and oxygen atoms in total. The van der Waals surface area contributed by atoms with Crippen LogP contribution in [0.25, 0.3) is 5.69 Å². The number of nitrogens with one attached hydrogen (secondary N) is 1. The number of H-pyrrole nitrogens is 1. The van der Waals surface area contributed by atoms with Gasteiger partial charge in [0.05, 0.1) is 5.69 Å². The topological polar surface area (TPSA) is 33.6 Å². The number of hydrogen-bond acceptors (Lipinski definition) is 2. The summed E-state index contributed by atoms with van der Waals surface area (Å²) in [5.74, 6) is 1.59. The van der Waals surface area contributed by atoms with Gasteiger partial charge in [-0.15, -0.1) is 0 Å². The predicted molar refractivity (Wildman–Crippen MR) is 76.1 cm³/mol. The quantitative estimate of drug-likeness (QED) is 0.793. The molecule has 1 aliphatic rings. The van der Waals surface area contributed by atoms with Gasteiger partial charge in [0.2, 0.25) is 0 Å². The normalized spacial score (nSPS) is 15.2. The average molecular weight is 375 g/mol. The summed E-state index contributed by atoms with van der Waals surface area (Å²) in [4.78, 5) is 0. The van der Waals surface area contributed by atoms with Crippen molar-refractivity contribution in [3.63, 3.8) is 0 Å². The first-order valence-electron chi connectivity index (χ1n) is 5.29. The largest absolute Gasteiger partial charge is 0.271 e. The zero-order chi connectivity index (χ0) is 12.0. The van der Waals surface area contributed by atoms with Crippen LogP contribution < -0.4 is 0 Å². The van der Waals surface area contributed by atoms with E-state index in [9.17, 15) is 0 Å². The van der Waals surface area contributed by atoms with Crippen molar-refractivity contribution < 1.29 is 0 Å². The van der Waals surface area contributed by atoms with Gasteiger partial charge >= 0.3 is 0 Å². The summed E-state index contributed by atoms with van der Waals surface area (Å²) in [5, 5.41) is 7.22. The number of aromatic amines is 1. The van der Waals surface area contributed by atoms with E-state index < -0.39 is 0 Å². The molecule has 0 aliphatic heterocycles. The van der Waals surface area contributed by atoms with Gasteiger partial charge in [0.25, 0.3) is 0 Å². The lowest BCUT2D eigenvalue weighted by atomic mass is 10.3. The highest BCUT2D eigenvalue weighted by Gasteiger charge is 2.29. The molecule has 0 atom stereocenters. The molecule has 1 N–H and O–H groups in total. The summed E-state index contributed by atoms with van der Waals surface area (Å²) in [5.41, 5.74) is 1.03. The van der Waals surface area contributed by atoms with Crippen molar-refractivity contribution in [1.82, 2.24) is 14.8 Å². The number of aromatic nitrogens is 3. The third-order valence-corrected chi connectivity index (χ3v) is 4.23. The molecule has 6 heteroatoms. The number of rotatable bonds is 2. The first-order valence-corrected chi connectivity index (χ1v) is 7.29. The molecule has 17 heavy (non-hydrogen) atoms. The van der Waals surface area contributed by atoms with Gasteiger partial charge in [-0.2, -0.15) is 5.10 Å². The lowest BCUT2D eigenvalue weighted by molar-refractivity contribution is 0.866. The minimum absolute atomic E-state index is 0.550. The maximum Gasteiger partial charge on any atom is 0.199 e. The molecule has 0 saturated heterocycles. The maximum atomic E-state index is 5.31. The summed E-state index contributed by atoms with van der Waals surface area (Å²) in [6.07, 6.45) is 2.40. The fourth-order valence-corrected chi connectivity index (χ4v) is 2.82. The maximum absolute atomic E-state index is 5.31. The Hall–Kier alpha value is -0.460. The molecule has 0 bridgehead atoms. The molecule has 1 aromatic heterocycles. The van der Waals surface area contributed by atoms with Crippen LogP contribution in [0.3, 0.4) is 0 Å². The Morgan fingerprint density at radius 3 is 2.82 bits per heavy atom. The Labute approximate surface area is 120 Å². The first kappa shape index (κ1) is 11.6. The second-order valence-corrected chi connectivity index (χ2v) is 6.25. The molecule has 0 amide bonds. The van der Waals surface area contributed by atoms with Crippen LogP contribution in [0, 0.1) is 4.77 Å². The van der Waals surface area contributed by atoms with Gasteiger partial charge in [0.1, 0.15) is 5.82 Å². The van der Waals surface area contributed by atoms with Gasteiger partial charge in [0, 0.05) is 14.9 Å². The third kappa shape index (κ3) is 2.13. The summed E-state index contributed by atoms with van der Waals surface area (Å²) in [6.45, 7) is 0. The number of benzene rings is 1. The predicted octanol–water partition coefficient (Wildman–Crippen LogP) is 4.33. The smallest absolute Gasteiger partial charge is 0.199 e. The lowest BCUT2D eigenvalue weighted by Crippen LogP contribution is -2.01. The van der Waals surface area contributed by atoms with Crippen LogP contribution in [-0.4, -0.2) is 14.8 Å². The number of nitrogens with zero attached hydrogens (tertiary/aromatic N) is 2. The Bertz CT molecular complexity index is 628. The Morgan fingerprint density at radius 1 is 1.35 bits per heavy atom. The van der Waals surface area contributed by atoms with Crippen LogP contribution in [0.15, 0.2) is 27.1 Å². The summed E-state index contributed by atoms with van der Waals surface area (Å²) in [7, 11) is 0. The molecular weight excluding hydrogens is 366 g/mol. The van der Waals surface area contributed by atoms with E-state index in [0.717, 1.165) is 20.5 Å². The van der Waals surface area contributed by atoms with Crippen molar-refractivity contribution in [3.05, 3.63) is 37.7 Å². The second kappa shape index (κ2) is 4.33. The molecule has 88 valence electrons. The highest BCUT2D eigenvalue weighted by Crippen LogP contribution is 2.40. The Morgan fingerprint density at radius 2 is 2.12 bits per heavy atom. The second-order valence-electron chi connectivity index (χ2n) is 4.09. The lowest BCUT2D eigenvalue weighted by Gasteiger charge is -2.08. The van der Waals surface area contributed by atoms with E-state index in [1.54, 1.807) is 0 Å². The van der Waals surface area contributed by atoms with Gasteiger partial charge in [0.15, 0.2) is 4.77 Å². The van der Waals surface area contributed by atoms with E-state index >= 15 is 0 Å². The van der Waals surface area contributed by atoms with Crippen molar-refractivity contribution in [2.45, 2.75) is 18.8 Å². The van der Waals surface area contributed by atoms with E-state index in [1.165, 1.54) is 12.8 Å². The molecule has 1 aliphatic carbocycles. The molecule has 1 aromatic carbocycles. The number of halogens is 2. The van der Waals surface area contributed by atoms with Crippen molar-refractivity contribution in [2.24, 2.45) is 0 Å². The molecule has 1 saturated carbocycles. The zero-order valence-electron chi connectivity index (χ0n) is 8.78. The van der Waals surface area contributed by atoms with Crippen LogP contribution in [0.1, 0.15) is 24.6 Å². The minimum Gasteiger partial charge on any atom is -0.271 e. The van der Waals surface area contributed by atoms with Crippen LogP contribution in [-0.2, 0) is 0 Å². The van der Waals surface area contributed by atoms with Crippen molar-refractivity contribution in [2.75, 3.05) is 0 Å². The van der Waals surface area contributed by atoms with Gasteiger partial charge in [-0.25, -0.2) is 0 Å². The van der Waals surface area contributed by atoms with Gasteiger partial charge < -0.3 is 0 Å². The van der Waals surface area contributed by atoms with E-state index in [1.807, 2.05) is 22.8 Å². The van der Waals surface area contributed by atoms with Crippen molar-refractivity contribution >= 4 is 44.1 Å². The van der Waals surface area contributed by atoms with Crippen LogP contribution >= 0.6 is 44.1 Å². The summed E-state index contributed by atoms with van der Waals surface area (Å²) >= 11 is 12.4. The van der Waals surface area contributed by atoms with E-state index in [-0.39, 0.29) is 0 Å². The number of hydrogen-bond donors (Lipinski definition) is 1. The third-order valence-electron chi connectivity index (χ3n) is 2.79. The van der Waals surface area contributed by atoms with E-state index in [2.05, 4.69) is 42.1 Å². The Balaban J connectivity index is 2.23. The molecule has 0 spiro atoms.